The summed E-state index contributed by atoms with van der Waals surface area (Å²) in [6, 6.07) is 2.67. The maximum absolute atomic E-state index is 12.4. The summed E-state index contributed by atoms with van der Waals surface area (Å²) in [6.07, 6.45) is 0.568. The van der Waals surface area contributed by atoms with Crippen molar-refractivity contribution in [2.45, 2.75) is 38.1 Å². The lowest BCUT2D eigenvalue weighted by molar-refractivity contribution is 0.240. The van der Waals surface area contributed by atoms with Crippen LogP contribution in [0.5, 0.6) is 0 Å². The first kappa shape index (κ1) is 17.4. The Bertz CT molecular complexity index is 573. The predicted octanol–water partition coefficient (Wildman–Crippen LogP) is 2.03. The van der Waals surface area contributed by atoms with Gasteiger partial charge in [-0.3, -0.25) is 0 Å². The third-order valence-electron chi connectivity index (χ3n) is 2.95. The van der Waals surface area contributed by atoms with E-state index in [0.717, 1.165) is 0 Å². The largest absolute Gasteiger partial charge is 0.398 e. The van der Waals surface area contributed by atoms with E-state index in [1.807, 2.05) is 13.8 Å². The molecule has 0 saturated carbocycles. The Morgan fingerprint density at radius 2 is 2.00 bits per heavy atom. The zero-order valence-corrected chi connectivity index (χ0v) is 14.3. The van der Waals surface area contributed by atoms with Crippen molar-refractivity contribution >= 4 is 31.6 Å². The number of nitrogens with one attached hydrogen (secondary N) is 1. The lowest BCUT2D eigenvalue weighted by Gasteiger charge is -2.19. The molecular formula is C13H21BrN2O3S. The molecular weight excluding hydrogens is 344 g/mol. The van der Waals surface area contributed by atoms with Crippen molar-refractivity contribution in [2.75, 3.05) is 12.3 Å². The summed E-state index contributed by atoms with van der Waals surface area (Å²) < 4.78 is 28.0. The van der Waals surface area contributed by atoms with Crippen LogP contribution in [0.4, 0.5) is 5.69 Å². The van der Waals surface area contributed by atoms with Gasteiger partial charge in [0.2, 0.25) is 10.0 Å². The van der Waals surface area contributed by atoms with Gasteiger partial charge in [0, 0.05) is 16.2 Å². The molecule has 0 aliphatic heterocycles. The van der Waals surface area contributed by atoms with Crippen LogP contribution < -0.4 is 10.5 Å². The number of anilines is 1. The number of halogens is 1. The van der Waals surface area contributed by atoms with E-state index >= 15 is 0 Å². The van der Waals surface area contributed by atoms with E-state index in [1.165, 1.54) is 6.07 Å². The van der Waals surface area contributed by atoms with Crippen LogP contribution in [-0.4, -0.2) is 26.2 Å². The highest BCUT2D eigenvalue weighted by molar-refractivity contribution is 9.10. The third kappa shape index (κ3) is 4.44. The second-order valence-corrected chi connectivity index (χ2v) is 7.85. The number of nitrogens with two attached hydrogens (primary N) is 1. The maximum Gasteiger partial charge on any atom is 0.241 e. The molecule has 20 heavy (non-hydrogen) atoms. The summed E-state index contributed by atoms with van der Waals surface area (Å²) in [5, 5.41) is 9.30. The van der Waals surface area contributed by atoms with Crippen LogP contribution in [0.25, 0.3) is 0 Å². The van der Waals surface area contributed by atoms with Gasteiger partial charge in [-0.15, -0.1) is 0 Å². The molecule has 114 valence electrons. The summed E-state index contributed by atoms with van der Waals surface area (Å²) in [5.41, 5.74) is 6.70. The minimum atomic E-state index is -3.71. The molecule has 0 heterocycles. The number of sulfonamides is 1. The number of rotatable bonds is 6. The topological polar surface area (TPSA) is 92.4 Å². The molecule has 0 aliphatic carbocycles. The quantitative estimate of drug-likeness (QED) is 0.673. The maximum atomic E-state index is 12.4. The van der Waals surface area contributed by atoms with Gasteiger partial charge in [-0.2, -0.15) is 0 Å². The van der Waals surface area contributed by atoms with Crippen LogP contribution in [0.15, 0.2) is 21.5 Å². The Morgan fingerprint density at radius 3 is 2.50 bits per heavy atom. The highest BCUT2D eigenvalue weighted by Crippen LogP contribution is 2.26. The van der Waals surface area contributed by atoms with Gasteiger partial charge in [0.1, 0.15) is 0 Å². The van der Waals surface area contributed by atoms with E-state index in [0.29, 0.717) is 22.1 Å². The molecule has 5 nitrogen and oxygen atoms in total. The van der Waals surface area contributed by atoms with Crippen LogP contribution >= 0.6 is 15.9 Å². The molecule has 1 aromatic carbocycles. The Morgan fingerprint density at radius 1 is 1.40 bits per heavy atom. The highest BCUT2D eigenvalue weighted by Gasteiger charge is 2.23. The molecule has 1 atom stereocenters. The van der Waals surface area contributed by atoms with Gasteiger partial charge in [-0.25, -0.2) is 13.1 Å². The van der Waals surface area contributed by atoms with Gasteiger partial charge < -0.3 is 10.8 Å². The van der Waals surface area contributed by atoms with E-state index in [9.17, 15) is 13.5 Å². The van der Waals surface area contributed by atoms with Gasteiger partial charge in [-0.05, 0) is 37.0 Å². The Balaban J connectivity index is 3.11. The Kier molecular flexibility index (Phi) is 6.00. The lowest BCUT2D eigenvalue weighted by atomic mass is 10.1. The van der Waals surface area contributed by atoms with E-state index in [2.05, 4.69) is 20.7 Å². The van der Waals surface area contributed by atoms with Crippen molar-refractivity contribution in [2.24, 2.45) is 5.92 Å². The molecule has 0 aliphatic rings. The average molecular weight is 365 g/mol. The smallest absolute Gasteiger partial charge is 0.241 e. The summed E-state index contributed by atoms with van der Waals surface area (Å²) in [5.74, 6) is 0.281. The highest BCUT2D eigenvalue weighted by atomic mass is 79.9. The molecule has 4 N–H and O–H groups in total. The average Bonchev–Trinajstić information content (AvgIpc) is 2.31. The number of benzene rings is 1. The van der Waals surface area contributed by atoms with Crippen LogP contribution in [0, 0.1) is 12.8 Å². The van der Waals surface area contributed by atoms with Crippen LogP contribution in [0.1, 0.15) is 25.8 Å². The van der Waals surface area contributed by atoms with E-state index in [4.69, 9.17) is 5.73 Å². The fourth-order valence-corrected chi connectivity index (χ4v) is 4.13. The van der Waals surface area contributed by atoms with Crippen molar-refractivity contribution in [1.82, 2.24) is 4.72 Å². The molecule has 0 spiro atoms. The number of nitrogen functional groups attached to an aromatic ring is 1. The molecule has 0 aromatic heterocycles. The molecule has 0 bridgehead atoms. The van der Waals surface area contributed by atoms with E-state index < -0.39 is 16.1 Å². The molecule has 0 saturated heterocycles. The Labute approximate surface area is 128 Å². The van der Waals surface area contributed by atoms with Gasteiger partial charge >= 0.3 is 0 Å². The summed E-state index contributed by atoms with van der Waals surface area (Å²) >= 11 is 3.24. The van der Waals surface area contributed by atoms with E-state index in [-0.39, 0.29) is 17.4 Å². The molecule has 0 amide bonds. The Hall–Kier alpha value is -0.630. The molecule has 0 radical (unpaired) electrons. The van der Waals surface area contributed by atoms with E-state index in [1.54, 1.807) is 13.0 Å². The number of hydrogen-bond acceptors (Lipinski definition) is 4. The summed E-state index contributed by atoms with van der Waals surface area (Å²) in [4.78, 5) is 0.131. The lowest BCUT2D eigenvalue weighted by Crippen LogP contribution is -2.38. The normalized spacial score (nSPS) is 13.7. The molecule has 1 unspecified atom stereocenters. The van der Waals surface area contributed by atoms with Crippen LogP contribution in [0.3, 0.4) is 0 Å². The fraction of sp³-hybridized carbons (Fsp3) is 0.538. The molecule has 1 aromatic rings. The first-order chi connectivity index (χ1) is 9.17. The van der Waals surface area contributed by atoms with Crippen molar-refractivity contribution in [1.29, 1.82) is 0 Å². The zero-order chi connectivity index (χ0) is 15.5. The molecule has 1 rings (SSSR count). The monoisotopic (exact) mass is 364 g/mol. The second kappa shape index (κ2) is 6.89. The van der Waals surface area contributed by atoms with Gasteiger partial charge in [0.25, 0.3) is 0 Å². The van der Waals surface area contributed by atoms with Gasteiger partial charge in [0.15, 0.2) is 0 Å². The molecule has 0 fully saturated rings. The van der Waals surface area contributed by atoms with Gasteiger partial charge in [0.05, 0.1) is 11.5 Å². The second-order valence-electron chi connectivity index (χ2n) is 5.25. The molecule has 7 heteroatoms. The zero-order valence-electron chi connectivity index (χ0n) is 11.9. The number of hydrogen-bond donors (Lipinski definition) is 3. The standard InChI is InChI=1S/C13H21BrN2O3S/c1-8(2)4-11(7-17)16-20(18,19)13-6-10(14)5-12(15)9(13)3/h5-6,8,11,16-17H,4,7,15H2,1-3H3. The first-order valence-corrected chi connectivity index (χ1v) is 8.63. The van der Waals surface area contributed by atoms with Crippen LogP contribution in [0.2, 0.25) is 0 Å². The summed E-state index contributed by atoms with van der Waals surface area (Å²) in [6.45, 7) is 5.37. The predicted molar refractivity (Wildman–Crippen MR) is 83.9 cm³/mol. The van der Waals surface area contributed by atoms with Crippen LogP contribution in [-0.2, 0) is 10.0 Å². The number of aliphatic hydroxyl groups is 1. The first-order valence-electron chi connectivity index (χ1n) is 6.36. The van der Waals surface area contributed by atoms with Gasteiger partial charge in [-0.1, -0.05) is 29.8 Å². The number of aliphatic hydroxyl groups excluding tert-OH is 1. The van der Waals surface area contributed by atoms with Crippen molar-refractivity contribution in [3.8, 4) is 0 Å². The fourth-order valence-electron chi connectivity index (χ4n) is 1.97. The third-order valence-corrected chi connectivity index (χ3v) is 5.06. The minimum Gasteiger partial charge on any atom is -0.398 e. The van der Waals surface area contributed by atoms with Crippen molar-refractivity contribution in [3.63, 3.8) is 0 Å². The summed E-state index contributed by atoms with van der Waals surface area (Å²) in [7, 11) is -3.71. The van der Waals surface area contributed by atoms with Crippen molar-refractivity contribution in [3.05, 3.63) is 22.2 Å². The SMILES string of the molecule is Cc1c(N)cc(Br)cc1S(=O)(=O)NC(CO)CC(C)C. The minimum absolute atomic E-state index is 0.131. The van der Waals surface area contributed by atoms with Crippen molar-refractivity contribution < 1.29 is 13.5 Å².